The van der Waals surface area contributed by atoms with Crippen molar-refractivity contribution in [2.75, 3.05) is 11.9 Å². The molecule has 4 heteroatoms. The van der Waals surface area contributed by atoms with Crippen LogP contribution in [0.15, 0.2) is 30.5 Å². The summed E-state index contributed by atoms with van der Waals surface area (Å²) in [7, 11) is 0. The summed E-state index contributed by atoms with van der Waals surface area (Å²) in [5.41, 5.74) is 2.90. The molecule has 1 aromatic carbocycles. The Bertz CT molecular complexity index is 618. The van der Waals surface area contributed by atoms with E-state index in [0.717, 1.165) is 41.5 Å². The van der Waals surface area contributed by atoms with E-state index in [-0.39, 0.29) is 11.9 Å². The van der Waals surface area contributed by atoms with Crippen molar-refractivity contribution in [1.82, 2.24) is 10.3 Å². The van der Waals surface area contributed by atoms with Gasteiger partial charge in [-0.1, -0.05) is 6.07 Å². The summed E-state index contributed by atoms with van der Waals surface area (Å²) in [6.45, 7) is 2.95. The molecule has 98 valence electrons. The quantitative estimate of drug-likeness (QED) is 0.865. The zero-order valence-electron chi connectivity index (χ0n) is 10.9. The van der Waals surface area contributed by atoms with E-state index in [4.69, 9.17) is 0 Å². The van der Waals surface area contributed by atoms with Crippen LogP contribution in [-0.2, 0) is 4.79 Å². The molecule has 2 aromatic rings. The Kier molecular flexibility index (Phi) is 3.17. The monoisotopic (exact) mass is 255 g/mol. The normalized spacial score (nSPS) is 18.7. The SMILES string of the molecule is Cc1ccc(NC(=O)C2CCCN2)c2cccnc12. The molecule has 1 aromatic heterocycles. The van der Waals surface area contributed by atoms with Gasteiger partial charge < -0.3 is 10.6 Å². The van der Waals surface area contributed by atoms with Crippen LogP contribution in [0.1, 0.15) is 18.4 Å². The number of hydrogen-bond acceptors (Lipinski definition) is 3. The van der Waals surface area contributed by atoms with Gasteiger partial charge >= 0.3 is 0 Å². The Morgan fingerprint density at radius 1 is 1.42 bits per heavy atom. The standard InChI is InChI=1S/C15H17N3O/c1-10-6-7-12(11-4-2-9-17-14(10)11)18-15(19)13-5-3-8-16-13/h2,4,6-7,9,13,16H,3,5,8H2,1H3,(H,18,19). The lowest BCUT2D eigenvalue weighted by atomic mass is 10.1. The first-order valence-corrected chi connectivity index (χ1v) is 6.64. The molecule has 1 aliphatic rings. The third-order valence-corrected chi connectivity index (χ3v) is 3.61. The van der Waals surface area contributed by atoms with Crippen LogP contribution in [0.3, 0.4) is 0 Å². The van der Waals surface area contributed by atoms with Gasteiger partial charge in [0.1, 0.15) is 0 Å². The van der Waals surface area contributed by atoms with Gasteiger partial charge in [0, 0.05) is 11.6 Å². The highest BCUT2D eigenvalue weighted by molar-refractivity contribution is 6.03. The summed E-state index contributed by atoms with van der Waals surface area (Å²) >= 11 is 0. The zero-order chi connectivity index (χ0) is 13.2. The predicted molar refractivity (Wildman–Crippen MR) is 76.1 cm³/mol. The second-order valence-corrected chi connectivity index (χ2v) is 4.97. The van der Waals surface area contributed by atoms with Crippen molar-refractivity contribution in [1.29, 1.82) is 0 Å². The van der Waals surface area contributed by atoms with E-state index < -0.39 is 0 Å². The van der Waals surface area contributed by atoms with Crippen LogP contribution in [0.2, 0.25) is 0 Å². The van der Waals surface area contributed by atoms with Gasteiger partial charge in [-0.2, -0.15) is 0 Å². The minimum absolute atomic E-state index is 0.0477. The molecule has 19 heavy (non-hydrogen) atoms. The van der Waals surface area contributed by atoms with E-state index in [1.807, 2.05) is 31.2 Å². The van der Waals surface area contributed by atoms with Crippen molar-refractivity contribution < 1.29 is 4.79 Å². The van der Waals surface area contributed by atoms with Gasteiger partial charge in [-0.3, -0.25) is 9.78 Å². The first kappa shape index (κ1) is 12.1. The number of carbonyl (C=O) groups is 1. The summed E-state index contributed by atoms with van der Waals surface area (Å²) in [6.07, 6.45) is 3.75. The number of fused-ring (bicyclic) bond motifs is 1. The number of aromatic nitrogens is 1. The molecule has 0 radical (unpaired) electrons. The molecule has 1 fully saturated rings. The zero-order valence-corrected chi connectivity index (χ0v) is 10.9. The molecule has 2 heterocycles. The van der Waals surface area contributed by atoms with E-state index in [1.54, 1.807) is 6.20 Å². The maximum atomic E-state index is 12.1. The molecule has 1 atom stereocenters. The Labute approximate surface area is 112 Å². The van der Waals surface area contributed by atoms with Crippen LogP contribution in [0.25, 0.3) is 10.9 Å². The second kappa shape index (κ2) is 4.97. The van der Waals surface area contributed by atoms with Crippen molar-refractivity contribution in [3.63, 3.8) is 0 Å². The lowest BCUT2D eigenvalue weighted by Crippen LogP contribution is -2.35. The van der Waals surface area contributed by atoms with Crippen molar-refractivity contribution in [3.8, 4) is 0 Å². The van der Waals surface area contributed by atoms with Gasteiger partial charge in [0.05, 0.1) is 17.2 Å². The fraction of sp³-hybridized carbons (Fsp3) is 0.333. The van der Waals surface area contributed by atoms with E-state index in [0.29, 0.717) is 0 Å². The molecule has 1 aliphatic heterocycles. The Morgan fingerprint density at radius 2 is 2.32 bits per heavy atom. The molecule has 3 rings (SSSR count). The minimum atomic E-state index is -0.0620. The lowest BCUT2D eigenvalue weighted by Gasteiger charge is -2.13. The summed E-state index contributed by atoms with van der Waals surface area (Å²) in [6, 6.07) is 7.77. The van der Waals surface area contributed by atoms with Gasteiger partial charge in [0.2, 0.25) is 5.91 Å². The van der Waals surface area contributed by atoms with Gasteiger partial charge in [0.15, 0.2) is 0 Å². The van der Waals surface area contributed by atoms with E-state index >= 15 is 0 Å². The number of benzene rings is 1. The fourth-order valence-electron chi connectivity index (χ4n) is 2.55. The summed E-state index contributed by atoms with van der Waals surface area (Å²) in [5.74, 6) is 0.0477. The number of amides is 1. The number of nitrogens with one attached hydrogen (secondary N) is 2. The smallest absolute Gasteiger partial charge is 0.241 e. The van der Waals surface area contributed by atoms with Crippen molar-refractivity contribution in [2.24, 2.45) is 0 Å². The van der Waals surface area contributed by atoms with Crippen LogP contribution in [-0.4, -0.2) is 23.5 Å². The summed E-state index contributed by atoms with van der Waals surface area (Å²) in [4.78, 5) is 16.5. The first-order chi connectivity index (χ1) is 9.25. The number of anilines is 1. The molecule has 1 amide bonds. The van der Waals surface area contributed by atoms with E-state index in [9.17, 15) is 4.79 Å². The average Bonchev–Trinajstić information content (AvgIpc) is 2.96. The molecular formula is C15H17N3O. The topological polar surface area (TPSA) is 54.0 Å². The van der Waals surface area contributed by atoms with Gasteiger partial charge in [-0.05, 0) is 50.1 Å². The summed E-state index contributed by atoms with van der Waals surface area (Å²) < 4.78 is 0. The molecule has 1 unspecified atom stereocenters. The molecular weight excluding hydrogens is 238 g/mol. The molecule has 4 nitrogen and oxygen atoms in total. The Hall–Kier alpha value is -1.94. The van der Waals surface area contributed by atoms with Crippen LogP contribution >= 0.6 is 0 Å². The summed E-state index contributed by atoms with van der Waals surface area (Å²) in [5, 5.41) is 7.22. The number of pyridine rings is 1. The molecule has 0 saturated carbocycles. The number of aryl methyl sites for hydroxylation is 1. The largest absolute Gasteiger partial charge is 0.324 e. The van der Waals surface area contributed by atoms with Crippen molar-refractivity contribution >= 4 is 22.5 Å². The highest BCUT2D eigenvalue weighted by atomic mass is 16.2. The van der Waals surface area contributed by atoms with Gasteiger partial charge in [-0.15, -0.1) is 0 Å². The van der Waals surface area contributed by atoms with Gasteiger partial charge in [0.25, 0.3) is 0 Å². The predicted octanol–water partition coefficient (Wildman–Crippen LogP) is 2.23. The van der Waals surface area contributed by atoms with Crippen LogP contribution in [0.4, 0.5) is 5.69 Å². The average molecular weight is 255 g/mol. The number of nitrogens with zero attached hydrogens (tertiary/aromatic N) is 1. The maximum absolute atomic E-state index is 12.1. The highest BCUT2D eigenvalue weighted by Crippen LogP contribution is 2.25. The molecule has 1 saturated heterocycles. The lowest BCUT2D eigenvalue weighted by molar-refractivity contribution is -0.117. The van der Waals surface area contributed by atoms with Crippen molar-refractivity contribution in [2.45, 2.75) is 25.8 Å². The van der Waals surface area contributed by atoms with E-state index in [1.165, 1.54) is 0 Å². The number of hydrogen-bond donors (Lipinski definition) is 2. The third-order valence-electron chi connectivity index (χ3n) is 3.61. The molecule has 0 aliphatic carbocycles. The van der Waals surface area contributed by atoms with Gasteiger partial charge in [-0.25, -0.2) is 0 Å². The third kappa shape index (κ3) is 2.31. The molecule has 2 N–H and O–H groups in total. The second-order valence-electron chi connectivity index (χ2n) is 4.97. The van der Waals surface area contributed by atoms with Crippen LogP contribution in [0.5, 0.6) is 0 Å². The highest BCUT2D eigenvalue weighted by Gasteiger charge is 2.22. The molecule has 0 spiro atoms. The first-order valence-electron chi connectivity index (χ1n) is 6.64. The van der Waals surface area contributed by atoms with Crippen molar-refractivity contribution in [3.05, 3.63) is 36.0 Å². The minimum Gasteiger partial charge on any atom is -0.324 e. The number of carbonyl (C=O) groups excluding carboxylic acids is 1. The maximum Gasteiger partial charge on any atom is 0.241 e. The Morgan fingerprint density at radius 3 is 3.11 bits per heavy atom. The van der Waals surface area contributed by atoms with Crippen LogP contribution in [0, 0.1) is 6.92 Å². The van der Waals surface area contributed by atoms with E-state index in [2.05, 4.69) is 15.6 Å². The fourth-order valence-corrected chi connectivity index (χ4v) is 2.55. The molecule has 0 bridgehead atoms. The Balaban J connectivity index is 1.92. The number of rotatable bonds is 2. The van der Waals surface area contributed by atoms with Crippen LogP contribution < -0.4 is 10.6 Å².